The summed E-state index contributed by atoms with van der Waals surface area (Å²) in [4.78, 5) is 33.5. The van der Waals surface area contributed by atoms with Crippen LogP contribution in [0.4, 0.5) is 21.0 Å². The average molecular weight is 432 g/mol. The topological polar surface area (TPSA) is 121 Å². The van der Waals surface area contributed by atoms with Gasteiger partial charge >= 0.3 is 12.2 Å². The molecule has 0 bridgehead atoms. The van der Waals surface area contributed by atoms with E-state index in [2.05, 4.69) is 15.3 Å². The number of carbonyl (C=O) groups is 2. The van der Waals surface area contributed by atoms with Gasteiger partial charge in [0, 0.05) is 11.3 Å². The Balaban J connectivity index is 2.15. The highest BCUT2D eigenvalue weighted by molar-refractivity contribution is 6.33. The normalized spacial score (nSPS) is 11.2. The molecule has 3 rings (SSSR count). The summed E-state index contributed by atoms with van der Waals surface area (Å²) >= 11 is 6.33. The summed E-state index contributed by atoms with van der Waals surface area (Å²) < 4.78 is 11.7. The molecule has 2 aromatic heterocycles. The van der Waals surface area contributed by atoms with Crippen molar-refractivity contribution in [1.29, 1.82) is 0 Å². The van der Waals surface area contributed by atoms with Crippen LogP contribution in [0, 0.1) is 0 Å². The molecular formula is C20H22ClN5O4. The number of ether oxygens (including phenoxy) is 2. The lowest BCUT2D eigenvalue weighted by Crippen LogP contribution is -2.20. The summed E-state index contributed by atoms with van der Waals surface area (Å²) in [5.41, 5.74) is 7.73. The van der Waals surface area contributed by atoms with Crippen molar-refractivity contribution in [2.75, 3.05) is 11.1 Å². The molecule has 2 heterocycles. The fraction of sp³-hybridized carbons (Fsp3) is 0.300. The van der Waals surface area contributed by atoms with Crippen LogP contribution in [0.3, 0.4) is 0 Å². The second kappa shape index (κ2) is 8.58. The number of nitrogens with zero attached hydrogens (tertiary/aromatic N) is 3. The summed E-state index contributed by atoms with van der Waals surface area (Å²) in [7, 11) is 0. The highest BCUT2D eigenvalue weighted by atomic mass is 35.5. The molecule has 0 radical (unpaired) electrons. The molecular weight excluding hydrogens is 410 g/mol. The first-order valence-electron chi connectivity index (χ1n) is 9.28. The Morgan fingerprint density at radius 1 is 1.13 bits per heavy atom. The van der Waals surface area contributed by atoms with Gasteiger partial charge < -0.3 is 15.2 Å². The second-order valence-electron chi connectivity index (χ2n) is 7.09. The Kier molecular flexibility index (Phi) is 6.12. The van der Waals surface area contributed by atoms with Crippen molar-refractivity contribution in [2.24, 2.45) is 0 Å². The Hall–Kier alpha value is -3.33. The number of benzene rings is 1. The Labute approximate surface area is 178 Å². The lowest BCUT2D eigenvalue weighted by molar-refractivity contribution is 0.118. The molecule has 0 atom stereocenters. The maximum Gasteiger partial charge on any atom is 0.420 e. The van der Waals surface area contributed by atoms with Crippen LogP contribution in [0.2, 0.25) is 5.02 Å². The molecule has 0 spiro atoms. The number of nitrogens with two attached hydrogens (primary N) is 1. The number of aromatic nitrogens is 3. The number of nitrogen functional groups attached to an aromatic ring is 1. The highest BCUT2D eigenvalue weighted by Crippen LogP contribution is 2.32. The van der Waals surface area contributed by atoms with Gasteiger partial charge in [0.2, 0.25) is 0 Å². The molecule has 3 aromatic rings. The molecule has 0 aliphatic heterocycles. The zero-order chi connectivity index (χ0) is 22.0. The van der Waals surface area contributed by atoms with Gasteiger partial charge in [0.1, 0.15) is 5.52 Å². The van der Waals surface area contributed by atoms with E-state index >= 15 is 0 Å². The summed E-state index contributed by atoms with van der Waals surface area (Å²) in [6, 6.07) is 6.43. The minimum absolute atomic E-state index is 0.224. The molecule has 1 amide bonds. The number of anilines is 2. The van der Waals surface area contributed by atoms with Crippen molar-refractivity contribution in [3.05, 3.63) is 35.5 Å². The van der Waals surface area contributed by atoms with Gasteiger partial charge in [0.25, 0.3) is 0 Å². The third-order valence-corrected chi connectivity index (χ3v) is 4.18. The smallest absolute Gasteiger partial charge is 0.420 e. The van der Waals surface area contributed by atoms with E-state index < -0.39 is 12.2 Å². The molecule has 158 valence electrons. The minimum atomic E-state index is -0.662. The molecule has 0 aliphatic carbocycles. The number of amides is 1. The van der Waals surface area contributed by atoms with E-state index in [-0.39, 0.29) is 23.7 Å². The van der Waals surface area contributed by atoms with Gasteiger partial charge in [-0.3, -0.25) is 5.32 Å². The van der Waals surface area contributed by atoms with E-state index in [1.165, 1.54) is 10.8 Å². The van der Waals surface area contributed by atoms with Gasteiger partial charge in [-0.05, 0) is 52.0 Å². The maximum atomic E-state index is 12.9. The van der Waals surface area contributed by atoms with E-state index in [4.69, 9.17) is 26.8 Å². The zero-order valence-corrected chi connectivity index (χ0v) is 17.7. The second-order valence-corrected chi connectivity index (χ2v) is 7.50. The first kappa shape index (κ1) is 21.4. The molecule has 9 nitrogen and oxygen atoms in total. The van der Waals surface area contributed by atoms with Gasteiger partial charge in [0.15, 0.2) is 11.5 Å². The van der Waals surface area contributed by atoms with Gasteiger partial charge in [0.05, 0.1) is 29.1 Å². The van der Waals surface area contributed by atoms with Crippen molar-refractivity contribution in [3.63, 3.8) is 0 Å². The van der Waals surface area contributed by atoms with Gasteiger partial charge in [-0.25, -0.2) is 24.1 Å². The van der Waals surface area contributed by atoms with Crippen LogP contribution in [-0.4, -0.2) is 38.9 Å². The molecule has 30 heavy (non-hydrogen) atoms. The van der Waals surface area contributed by atoms with Crippen LogP contribution < -0.4 is 11.1 Å². The van der Waals surface area contributed by atoms with Crippen molar-refractivity contribution in [2.45, 2.75) is 39.9 Å². The average Bonchev–Trinajstić information content (AvgIpc) is 3.01. The van der Waals surface area contributed by atoms with Crippen molar-refractivity contribution in [3.8, 4) is 11.4 Å². The monoisotopic (exact) mass is 431 g/mol. The fourth-order valence-electron chi connectivity index (χ4n) is 2.72. The predicted molar refractivity (Wildman–Crippen MR) is 115 cm³/mol. The fourth-order valence-corrected chi connectivity index (χ4v) is 2.93. The number of nitrogens with one attached hydrogen (secondary N) is 1. The van der Waals surface area contributed by atoms with Crippen LogP contribution >= 0.6 is 11.6 Å². The number of rotatable bonds is 4. The number of pyridine rings is 1. The number of carbonyl (C=O) groups excluding carboxylic acids is 2. The largest absolute Gasteiger partial charge is 0.447 e. The SMILES string of the molecule is CC(C)OC(=O)Nc1cnc2nc(-c3cc(N)ccc3Cl)n(C(=O)OC(C)C)c2c1. The summed E-state index contributed by atoms with van der Waals surface area (Å²) in [5, 5.41) is 2.94. The number of hydrogen-bond donors (Lipinski definition) is 2. The van der Waals surface area contributed by atoms with Crippen molar-refractivity contribution >= 4 is 46.3 Å². The Bertz CT molecular complexity index is 1110. The molecule has 0 aliphatic rings. The first-order valence-corrected chi connectivity index (χ1v) is 9.66. The molecule has 1 aromatic carbocycles. The van der Waals surface area contributed by atoms with E-state index in [0.29, 0.717) is 27.5 Å². The summed E-state index contributed by atoms with van der Waals surface area (Å²) in [6.45, 7) is 6.94. The van der Waals surface area contributed by atoms with E-state index in [0.717, 1.165) is 0 Å². The van der Waals surface area contributed by atoms with Crippen LogP contribution in [0.15, 0.2) is 30.5 Å². The molecule has 0 saturated carbocycles. The zero-order valence-electron chi connectivity index (χ0n) is 17.0. The summed E-state index contributed by atoms with van der Waals surface area (Å²) in [6.07, 6.45) is -0.537. The Morgan fingerprint density at radius 2 is 1.83 bits per heavy atom. The molecule has 3 N–H and O–H groups in total. The number of hydrogen-bond acceptors (Lipinski definition) is 7. The summed E-state index contributed by atoms with van der Waals surface area (Å²) in [5.74, 6) is 0.224. The van der Waals surface area contributed by atoms with Crippen LogP contribution in [0.25, 0.3) is 22.6 Å². The van der Waals surface area contributed by atoms with Gasteiger partial charge in [-0.2, -0.15) is 0 Å². The van der Waals surface area contributed by atoms with E-state index in [9.17, 15) is 9.59 Å². The molecule has 0 fully saturated rings. The minimum Gasteiger partial charge on any atom is -0.447 e. The number of halogens is 1. The van der Waals surface area contributed by atoms with Crippen molar-refractivity contribution in [1.82, 2.24) is 14.5 Å². The Morgan fingerprint density at radius 3 is 2.50 bits per heavy atom. The molecule has 0 saturated heterocycles. The molecule has 10 heteroatoms. The lowest BCUT2D eigenvalue weighted by atomic mass is 10.2. The van der Waals surface area contributed by atoms with Crippen molar-refractivity contribution < 1.29 is 19.1 Å². The number of imidazole rings is 1. The van der Waals surface area contributed by atoms with E-state index in [1.54, 1.807) is 52.0 Å². The quantitative estimate of drug-likeness (QED) is 0.575. The third kappa shape index (κ3) is 4.62. The maximum absolute atomic E-state index is 12.9. The standard InChI is InChI=1S/C20H22ClN5O4/c1-10(2)29-19(27)24-13-8-16-17(23-9-13)25-18(26(16)20(28)30-11(3)4)14-7-12(22)5-6-15(14)21/h5-11H,22H2,1-4H3,(H,24,27). The van der Waals surface area contributed by atoms with Gasteiger partial charge in [-0.1, -0.05) is 11.6 Å². The predicted octanol–water partition coefficient (Wildman–Crippen LogP) is 4.68. The lowest BCUT2D eigenvalue weighted by Gasteiger charge is -2.13. The van der Waals surface area contributed by atoms with Crippen LogP contribution in [-0.2, 0) is 9.47 Å². The van der Waals surface area contributed by atoms with Crippen LogP contribution in [0.5, 0.6) is 0 Å². The first-order chi connectivity index (χ1) is 14.2. The highest BCUT2D eigenvalue weighted by Gasteiger charge is 2.23. The molecule has 0 unspecified atom stereocenters. The van der Waals surface area contributed by atoms with Gasteiger partial charge in [-0.15, -0.1) is 0 Å². The number of fused-ring (bicyclic) bond motifs is 1. The van der Waals surface area contributed by atoms with E-state index in [1.807, 2.05) is 0 Å². The third-order valence-electron chi connectivity index (χ3n) is 3.85. The van der Waals surface area contributed by atoms with Crippen LogP contribution in [0.1, 0.15) is 27.7 Å².